The Hall–Kier alpha value is -3.26. The molecule has 1 aromatic heterocycles. The summed E-state index contributed by atoms with van der Waals surface area (Å²) in [6, 6.07) is 10.2. The summed E-state index contributed by atoms with van der Waals surface area (Å²) in [6.07, 6.45) is 0.137. The first-order valence-corrected chi connectivity index (χ1v) is 9.76. The lowest BCUT2D eigenvalue weighted by atomic mass is 9.95. The van der Waals surface area contributed by atoms with Gasteiger partial charge in [0.1, 0.15) is 11.6 Å². The van der Waals surface area contributed by atoms with Crippen molar-refractivity contribution in [1.29, 1.82) is 0 Å². The van der Waals surface area contributed by atoms with Gasteiger partial charge in [0, 0.05) is 6.42 Å². The number of nitrogens with zero attached hydrogens (tertiary/aromatic N) is 2. The van der Waals surface area contributed by atoms with Crippen LogP contribution in [0.5, 0.6) is 5.75 Å². The molecule has 0 radical (unpaired) electrons. The van der Waals surface area contributed by atoms with E-state index < -0.39 is 23.5 Å². The number of methoxy groups -OCH3 is 1. The van der Waals surface area contributed by atoms with Crippen LogP contribution in [0.1, 0.15) is 24.9 Å². The molecule has 29 heavy (non-hydrogen) atoms. The number of carbonyl (C=O) groups excluding carboxylic acids is 2. The zero-order valence-electron chi connectivity index (χ0n) is 15.7. The predicted molar refractivity (Wildman–Crippen MR) is 108 cm³/mol. The normalized spacial score (nSPS) is 16.7. The minimum atomic E-state index is -0.828. The molecule has 0 saturated carbocycles. The third-order valence-electron chi connectivity index (χ3n) is 4.81. The van der Waals surface area contributed by atoms with Crippen molar-refractivity contribution < 1.29 is 23.8 Å². The monoisotopic (exact) mass is 412 g/mol. The number of benzene rings is 2. The zero-order valence-corrected chi connectivity index (χ0v) is 16.5. The molecule has 148 valence electrons. The number of hydrogen-bond donors (Lipinski definition) is 1. The molecule has 0 aliphatic carbocycles. The van der Waals surface area contributed by atoms with Gasteiger partial charge in [0.2, 0.25) is 0 Å². The van der Waals surface area contributed by atoms with Crippen LogP contribution in [0.15, 0.2) is 53.8 Å². The number of hydrogen-bond acceptors (Lipinski definition) is 6. The number of fused-ring (bicyclic) bond motifs is 1. The molecule has 3 aromatic rings. The van der Waals surface area contributed by atoms with Crippen molar-refractivity contribution in [2.24, 2.45) is 0 Å². The van der Waals surface area contributed by atoms with Gasteiger partial charge in [0.25, 0.3) is 5.91 Å². The van der Waals surface area contributed by atoms with E-state index >= 15 is 0 Å². The van der Waals surface area contributed by atoms with Gasteiger partial charge in [-0.05, 0) is 35.9 Å². The Labute approximate surface area is 169 Å². The van der Waals surface area contributed by atoms with Gasteiger partial charge in [-0.1, -0.05) is 30.4 Å². The highest BCUT2D eigenvalue weighted by molar-refractivity contribution is 7.22. The Morgan fingerprint density at radius 2 is 2.00 bits per heavy atom. The van der Waals surface area contributed by atoms with E-state index in [-0.39, 0.29) is 22.9 Å². The molecule has 0 saturated heterocycles. The van der Waals surface area contributed by atoms with Crippen LogP contribution >= 0.6 is 11.3 Å². The van der Waals surface area contributed by atoms with Gasteiger partial charge in [-0.3, -0.25) is 14.5 Å². The van der Waals surface area contributed by atoms with Crippen LogP contribution in [0.25, 0.3) is 10.2 Å². The van der Waals surface area contributed by atoms with Crippen LogP contribution in [0, 0.1) is 5.82 Å². The van der Waals surface area contributed by atoms with Crippen LogP contribution in [-0.4, -0.2) is 28.9 Å². The van der Waals surface area contributed by atoms with Gasteiger partial charge in [0.15, 0.2) is 16.7 Å². The van der Waals surface area contributed by atoms with E-state index in [4.69, 9.17) is 4.74 Å². The maximum Gasteiger partial charge on any atom is 0.296 e. The lowest BCUT2D eigenvalue weighted by Gasteiger charge is -2.24. The molecular weight excluding hydrogens is 395 g/mol. The number of carbonyl (C=O) groups is 2. The number of thiazole rings is 1. The fourth-order valence-corrected chi connectivity index (χ4v) is 4.39. The number of aromatic nitrogens is 1. The average Bonchev–Trinajstić information content (AvgIpc) is 3.25. The van der Waals surface area contributed by atoms with Crippen LogP contribution in [-0.2, 0) is 9.59 Å². The molecule has 2 aromatic carbocycles. The minimum Gasteiger partial charge on any atom is -0.503 e. The highest BCUT2D eigenvalue weighted by atomic mass is 32.1. The molecule has 0 fully saturated rings. The van der Waals surface area contributed by atoms with Crippen molar-refractivity contribution in [3.63, 3.8) is 0 Å². The second kappa shape index (κ2) is 7.29. The molecule has 1 aliphatic rings. The smallest absolute Gasteiger partial charge is 0.296 e. The average molecular weight is 412 g/mol. The number of aliphatic hydroxyl groups excluding tert-OH is 1. The van der Waals surface area contributed by atoms with E-state index in [2.05, 4.69) is 4.98 Å². The summed E-state index contributed by atoms with van der Waals surface area (Å²) in [6.45, 7) is 1.67. The Morgan fingerprint density at radius 3 is 2.66 bits per heavy atom. The summed E-state index contributed by atoms with van der Waals surface area (Å²) in [7, 11) is 1.54. The lowest BCUT2D eigenvalue weighted by Crippen LogP contribution is -2.30. The second-order valence-electron chi connectivity index (χ2n) is 6.50. The van der Waals surface area contributed by atoms with Gasteiger partial charge in [-0.2, -0.15) is 0 Å². The van der Waals surface area contributed by atoms with Gasteiger partial charge in [-0.15, -0.1) is 0 Å². The number of ether oxygens (including phenoxy) is 1. The highest BCUT2D eigenvalue weighted by Gasteiger charge is 2.45. The maximum absolute atomic E-state index is 13.6. The molecule has 4 rings (SSSR count). The summed E-state index contributed by atoms with van der Waals surface area (Å²) in [5, 5.41) is 10.8. The lowest BCUT2D eigenvalue weighted by molar-refractivity contribution is -0.118. The first-order valence-electron chi connectivity index (χ1n) is 8.94. The van der Waals surface area contributed by atoms with E-state index in [0.29, 0.717) is 21.5 Å². The molecule has 1 atom stereocenters. The number of ketones is 1. The number of rotatable bonds is 5. The number of halogens is 1. The number of anilines is 1. The molecule has 6 nitrogen and oxygen atoms in total. The van der Waals surface area contributed by atoms with Crippen molar-refractivity contribution in [2.75, 3.05) is 12.0 Å². The van der Waals surface area contributed by atoms with Gasteiger partial charge >= 0.3 is 0 Å². The summed E-state index contributed by atoms with van der Waals surface area (Å²) >= 11 is 1.12. The number of amides is 1. The van der Waals surface area contributed by atoms with Gasteiger partial charge < -0.3 is 9.84 Å². The first kappa shape index (κ1) is 19.1. The fraction of sp³-hybridized carbons (Fsp3) is 0.190. The second-order valence-corrected chi connectivity index (χ2v) is 7.51. The largest absolute Gasteiger partial charge is 0.503 e. The van der Waals surface area contributed by atoms with Crippen LogP contribution in [0.4, 0.5) is 9.52 Å². The third kappa shape index (κ3) is 3.15. The molecule has 1 N–H and O–H groups in total. The van der Waals surface area contributed by atoms with Crippen molar-refractivity contribution >= 4 is 38.4 Å². The molecule has 0 spiro atoms. The molecule has 1 aliphatic heterocycles. The van der Waals surface area contributed by atoms with E-state index in [9.17, 15) is 19.1 Å². The van der Waals surface area contributed by atoms with E-state index in [1.807, 2.05) is 0 Å². The maximum atomic E-state index is 13.6. The third-order valence-corrected chi connectivity index (χ3v) is 5.82. The Bertz CT molecular complexity index is 1150. The Balaban J connectivity index is 1.87. The first-order chi connectivity index (χ1) is 13.9. The molecule has 1 amide bonds. The van der Waals surface area contributed by atoms with E-state index in [1.165, 1.54) is 23.1 Å². The summed E-state index contributed by atoms with van der Waals surface area (Å²) in [5.41, 5.74) is 1.20. The van der Waals surface area contributed by atoms with Crippen molar-refractivity contribution in [1.82, 2.24) is 4.98 Å². The SMILES string of the molecule is CCC(=O)C1=C(O)C(=O)N(c2nc3ccc(F)cc3s2)C1c1ccc(OC)cc1. The molecule has 0 bridgehead atoms. The minimum absolute atomic E-state index is 0.0353. The Kier molecular flexibility index (Phi) is 4.79. The molecule has 2 heterocycles. The van der Waals surface area contributed by atoms with Crippen molar-refractivity contribution in [3.8, 4) is 5.75 Å². The van der Waals surface area contributed by atoms with Crippen molar-refractivity contribution in [2.45, 2.75) is 19.4 Å². The van der Waals surface area contributed by atoms with E-state index in [1.54, 1.807) is 38.3 Å². The van der Waals surface area contributed by atoms with Crippen molar-refractivity contribution in [3.05, 3.63) is 65.2 Å². The predicted octanol–water partition coefficient (Wildman–Crippen LogP) is 4.32. The molecule has 8 heteroatoms. The zero-order chi connectivity index (χ0) is 20.7. The summed E-state index contributed by atoms with van der Waals surface area (Å²) in [4.78, 5) is 31.2. The number of aliphatic hydroxyl groups is 1. The topological polar surface area (TPSA) is 79.7 Å². The van der Waals surface area contributed by atoms with Gasteiger partial charge in [-0.25, -0.2) is 9.37 Å². The van der Waals surface area contributed by atoms with Crippen LogP contribution in [0.2, 0.25) is 0 Å². The quantitative estimate of drug-likeness (QED) is 0.675. The highest BCUT2D eigenvalue weighted by Crippen LogP contribution is 2.43. The standard InChI is InChI=1S/C21H17FN2O4S/c1-3-15(25)17-18(11-4-7-13(28-2)8-5-11)24(20(27)19(17)26)21-23-14-9-6-12(22)10-16(14)29-21/h4-10,18,26H,3H2,1-2H3. The molecular formula is C21H17FN2O4S. The number of Topliss-reactive ketones (excluding diaryl/α,β-unsaturated/α-hetero) is 1. The van der Waals surface area contributed by atoms with Crippen LogP contribution in [0.3, 0.4) is 0 Å². The fourth-order valence-electron chi connectivity index (χ4n) is 3.37. The molecule has 1 unspecified atom stereocenters. The van der Waals surface area contributed by atoms with Gasteiger partial charge in [0.05, 0.1) is 28.9 Å². The summed E-state index contributed by atoms with van der Waals surface area (Å²) < 4.78 is 19.3. The summed E-state index contributed by atoms with van der Waals surface area (Å²) in [5.74, 6) is -1.40. The van der Waals surface area contributed by atoms with E-state index in [0.717, 1.165) is 11.3 Å². The Morgan fingerprint density at radius 1 is 1.28 bits per heavy atom. The van der Waals surface area contributed by atoms with Crippen LogP contribution < -0.4 is 9.64 Å².